The second-order valence-electron chi connectivity index (χ2n) is 5.29. The molecule has 11 heteroatoms. The minimum atomic E-state index is -4.33. The summed E-state index contributed by atoms with van der Waals surface area (Å²) in [6.45, 7) is -0.420. The molecule has 2 aromatic rings. The Hall–Kier alpha value is -2.85. The lowest BCUT2D eigenvalue weighted by atomic mass is 10.3. The van der Waals surface area contributed by atoms with Gasteiger partial charge in [-0.25, -0.2) is 8.42 Å². The number of benzene rings is 2. The van der Waals surface area contributed by atoms with Gasteiger partial charge in [-0.1, -0.05) is 17.7 Å². The Balaban J connectivity index is 2.63. The van der Waals surface area contributed by atoms with E-state index in [1.807, 2.05) is 0 Å². The van der Waals surface area contributed by atoms with Gasteiger partial charge in [0.2, 0.25) is 0 Å². The van der Waals surface area contributed by atoms with E-state index >= 15 is 0 Å². The SMILES string of the molecule is COc1ccc(Cl)cc1N(CCC(=O)O)S(=O)(=O)c1cccc([N+](=O)[O-])c1. The van der Waals surface area contributed by atoms with Gasteiger partial charge < -0.3 is 9.84 Å². The van der Waals surface area contributed by atoms with Crippen LogP contribution in [0.5, 0.6) is 5.75 Å². The highest BCUT2D eigenvalue weighted by atomic mass is 35.5. The molecule has 0 unspecified atom stereocenters. The van der Waals surface area contributed by atoms with Crippen LogP contribution in [0.25, 0.3) is 0 Å². The smallest absolute Gasteiger partial charge is 0.305 e. The number of hydrogen-bond donors (Lipinski definition) is 1. The Kier molecular flexibility index (Phi) is 6.24. The molecule has 0 aliphatic carbocycles. The van der Waals surface area contributed by atoms with Crippen molar-refractivity contribution in [1.29, 1.82) is 0 Å². The second-order valence-corrected chi connectivity index (χ2v) is 7.59. The van der Waals surface area contributed by atoms with Crippen molar-refractivity contribution in [2.75, 3.05) is 18.0 Å². The average Bonchev–Trinajstić information content (AvgIpc) is 2.61. The average molecular weight is 415 g/mol. The van der Waals surface area contributed by atoms with Gasteiger partial charge in [-0.3, -0.25) is 19.2 Å². The predicted molar refractivity (Wildman–Crippen MR) is 97.9 cm³/mol. The van der Waals surface area contributed by atoms with Crippen molar-refractivity contribution in [2.45, 2.75) is 11.3 Å². The molecule has 0 radical (unpaired) electrons. The Morgan fingerprint density at radius 2 is 2.00 bits per heavy atom. The minimum absolute atomic E-state index is 0.0257. The Morgan fingerprint density at radius 3 is 2.59 bits per heavy atom. The van der Waals surface area contributed by atoms with Crippen molar-refractivity contribution in [3.05, 3.63) is 57.6 Å². The van der Waals surface area contributed by atoms with E-state index in [0.717, 1.165) is 16.4 Å². The summed E-state index contributed by atoms with van der Waals surface area (Å²) in [7, 11) is -3.01. The molecule has 2 aromatic carbocycles. The number of sulfonamides is 1. The molecule has 1 N–H and O–H groups in total. The summed E-state index contributed by atoms with van der Waals surface area (Å²) in [4.78, 5) is 20.9. The van der Waals surface area contributed by atoms with E-state index in [2.05, 4.69) is 0 Å². The number of methoxy groups -OCH3 is 1. The molecule has 27 heavy (non-hydrogen) atoms. The number of nitrogens with zero attached hydrogens (tertiary/aromatic N) is 2. The zero-order valence-corrected chi connectivity index (χ0v) is 15.6. The summed E-state index contributed by atoms with van der Waals surface area (Å²) < 4.78 is 32.2. The lowest BCUT2D eigenvalue weighted by Gasteiger charge is -2.25. The Labute approximate surface area is 159 Å². The van der Waals surface area contributed by atoms with Crippen LogP contribution >= 0.6 is 11.6 Å². The molecule has 0 aliphatic rings. The number of rotatable bonds is 8. The molecule has 0 spiro atoms. The predicted octanol–water partition coefficient (Wildman–Crippen LogP) is 2.93. The number of carbonyl (C=O) groups is 1. The van der Waals surface area contributed by atoms with Gasteiger partial charge in [0.1, 0.15) is 5.75 Å². The molecular formula is C16H15ClN2O7S. The molecule has 0 saturated heterocycles. The monoisotopic (exact) mass is 414 g/mol. The topological polar surface area (TPSA) is 127 Å². The maximum Gasteiger partial charge on any atom is 0.305 e. The molecule has 144 valence electrons. The van der Waals surface area contributed by atoms with Crippen LogP contribution in [0.2, 0.25) is 5.02 Å². The van der Waals surface area contributed by atoms with Crippen molar-refractivity contribution in [2.24, 2.45) is 0 Å². The fourth-order valence-electron chi connectivity index (χ4n) is 2.31. The van der Waals surface area contributed by atoms with E-state index in [9.17, 15) is 23.3 Å². The first kappa shape index (κ1) is 20.5. The maximum absolute atomic E-state index is 13.1. The molecule has 0 atom stereocenters. The minimum Gasteiger partial charge on any atom is -0.495 e. The summed E-state index contributed by atoms with van der Waals surface area (Å²) in [6, 6.07) is 8.72. The summed E-state index contributed by atoms with van der Waals surface area (Å²) in [6.07, 6.45) is -0.496. The van der Waals surface area contributed by atoms with Crippen LogP contribution in [0.15, 0.2) is 47.4 Å². The van der Waals surface area contributed by atoms with Crippen LogP contribution in [0.1, 0.15) is 6.42 Å². The number of carboxylic acids is 1. The van der Waals surface area contributed by atoms with Crippen LogP contribution < -0.4 is 9.04 Å². The van der Waals surface area contributed by atoms with E-state index in [0.29, 0.717) is 0 Å². The summed E-state index contributed by atoms with van der Waals surface area (Å²) in [5.41, 5.74) is -0.384. The molecule has 0 bridgehead atoms. The molecule has 0 saturated carbocycles. The van der Waals surface area contributed by atoms with Gasteiger partial charge in [-0.05, 0) is 24.3 Å². The number of nitro benzene ring substituents is 1. The highest BCUT2D eigenvalue weighted by molar-refractivity contribution is 7.92. The van der Waals surface area contributed by atoms with Gasteiger partial charge >= 0.3 is 5.97 Å². The van der Waals surface area contributed by atoms with Crippen LogP contribution in [0.4, 0.5) is 11.4 Å². The Morgan fingerprint density at radius 1 is 1.30 bits per heavy atom. The molecule has 0 fully saturated rings. The van der Waals surface area contributed by atoms with Crippen LogP contribution in [0.3, 0.4) is 0 Å². The van der Waals surface area contributed by atoms with E-state index < -0.39 is 39.6 Å². The highest BCUT2D eigenvalue weighted by Gasteiger charge is 2.29. The number of hydrogen-bond acceptors (Lipinski definition) is 6. The fraction of sp³-hybridized carbons (Fsp3) is 0.188. The van der Waals surface area contributed by atoms with Crippen molar-refractivity contribution >= 4 is 39.0 Å². The lowest BCUT2D eigenvalue weighted by molar-refractivity contribution is -0.385. The molecule has 2 rings (SSSR count). The van der Waals surface area contributed by atoms with Gasteiger partial charge in [-0.2, -0.15) is 0 Å². The largest absolute Gasteiger partial charge is 0.495 e. The van der Waals surface area contributed by atoms with Gasteiger partial charge in [0.25, 0.3) is 15.7 Å². The zero-order chi connectivity index (χ0) is 20.2. The quantitative estimate of drug-likeness (QED) is 0.519. The van der Waals surface area contributed by atoms with E-state index in [1.165, 1.54) is 37.4 Å². The first-order valence-electron chi connectivity index (χ1n) is 7.49. The molecule has 0 heterocycles. The third-order valence-electron chi connectivity index (χ3n) is 3.55. The number of carboxylic acid groups (broad SMARTS) is 1. The van der Waals surface area contributed by atoms with Crippen LogP contribution in [-0.4, -0.2) is 38.1 Å². The van der Waals surface area contributed by atoms with Gasteiger partial charge in [-0.15, -0.1) is 0 Å². The normalized spacial score (nSPS) is 11.0. The summed E-state index contributed by atoms with van der Waals surface area (Å²) in [5, 5.41) is 20.1. The Bertz CT molecular complexity index is 978. The molecule has 0 amide bonds. The highest BCUT2D eigenvalue weighted by Crippen LogP contribution is 2.35. The molecule has 9 nitrogen and oxygen atoms in total. The fourth-order valence-corrected chi connectivity index (χ4v) is 3.98. The zero-order valence-electron chi connectivity index (χ0n) is 14.0. The van der Waals surface area contributed by atoms with Crippen LogP contribution in [-0.2, 0) is 14.8 Å². The van der Waals surface area contributed by atoms with E-state index in [1.54, 1.807) is 0 Å². The number of aliphatic carboxylic acids is 1. The number of nitro groups is 1. The number of halogens is 1. The van der Waals surface area contributed by atoms with E-state index in [4.69, 9.17) is 21.4 Å². The second kappa shape index (κ2) is 8.23. The van der Waals surface area contributed by atoms with Crippen LogP contribution in [0, 0.1) is 10.1 Å². The number of ether oxygens (including phenoxy) is 1. The lowest BCUT2D eigenvalue weighted by Crippen LogP contribution is -2.33. The van der Waals surface area contributed by atoms with Crippen molar-refractivity contribution in [3.8, 4) is 5.75 Å². The molecule has 0 aromatic heterocycles. The van der Waals surface area contributed by atoms with Gasteiger partial charge in [0.05, 0.1) is 29.0 Å². The first-order chi connectivity index (χ1) is 12.7. The van der Waals surface area contributed by atoms with Crippen molar-refractivity contribution < 1.29 is 28.0 Å². The van der Waals surface area contributed by atoms with Crippen molar-refractivity contribution in [3.63, 3.8) is 0 Å². The molecule has 0 aliphatic heterocycles. The standard InChI is InChI=1S/C16H15ClN2O7S/c1-26-15-6-5-11(17)9-14(15)18(8-7-16(20)21)27(24,25)13-4-2-3-12(10-13)19(22)23/h2-6,9-10H,7-8H2,1H3,(H,20,21). The number of non-ortho nitro benzene ring substituents is 1. The number of anilines is 1. The third kappa shape index (κ3) is 4.66. The van der Waals surface area contributed by atoms with Gasteiger partial charge in [0, 0.05) is 23.7 Å². The third-order valence-corrected chi connectivity index (χ3v) is 5.60. The first-order valence-corrected chi connectivity index (χ1v) is 9.31. The van der Waals surface area contributed by atoms with Gasteiger partial charge in [0.15, 0.2) is 0 Å². The summed E-state index contributed by atoms with van der Waals surface area (Å²) in [5.74, 6) is -1.06. The summed E-state index contributed by atoms with van der Waals surface area (Å²) >= 11 is 5.96. The molecular weight excluding hydrogens is 400 g/mol. The van der Waals surface area contributed by atoms with E-state index in [-0.39, 0.29) is 21.4 Å². The van der Waals surface area contributed by atoms with Crippen molar-refractivity contribution in [1.82, 2.24) is 0 Å². The maximum atomic E-state index is 13.1.